The number of anilines is 1. The van der Waals surface area contributed by atoms with Crippen molar-refractivity contribution in [1.29, 1.82) is 0 Å². The minimum absolute atomic E-state index is 0.126. The van der Waals surface area contributed by atoms with Crippen molar-refractivity contribution in [1.82, 2.24) is 4.90 Å². The Morgan fingerprint density at radius 3 is 2.44 bits per heavy atom. The Hall–Kier alpha value is -2.41. The molecule has 7 nitrogen and oxygen atoms in total. The van der Waals surface area contributed by atoms with Crippen molar-refractivity contribution in [2.24, 2.45) is 5.92 Å². The molecule has 2 heterocycles. The van der Waals surface area contributed by atoms with Gasteiger partial charge in [0.1, 0.15) is 5.75 Å². The second kappa shape index (κ2) is 7.23. The van der Waals surface area contributed by atoms with Crippen LogP contribution in [0.25, 0.3) is 0 Å². The first-order chi connectivity index (χ1) is 12.1. The fourth-order valence-electron chi connectivity index (χ4n) is 3.58. The van der Waals surface area contributed by atoms with E-state index in [-0.39, 0.29) is 30.1 Å². The number of imide groups is 1. The number of benzene rings is 1. The van der Waals surface area contributed by atoms with Crippen LogP contribution in [-0.4, -0.2) is 56.0 Å². The van der Waals surface area contributed by atoms with Crippen LogP contribution < -0.4 is 9.64 Å². The van der Waals surface area contributed by atoms with Crippen LogP contribution in [0.3, 0.4) is 0 Å². The molecular weight excluding hydrogens is 324 g/mol. The monoisotopic (exact) mass is 346 g/mol. The second-order valence-corrected chi connectivity index (χ2v) is 6.29. The lowest BCUT2D eigenvalue weighted by atomic mass is 9.95. The predicted octanol–water partition coefficient (Wildman–Crippen LogP) is 1.21. The Balaban J connectivity index is 1.73. The number of piperidine rings is 1. The third-order valence-corrected chi connectivity index (χ3v) is 4.95. The van der Waals surface area contributed by atoms with Crippen molar-refractivity contribution in [3.63, 3.8) is 0 Å². The van der Waals surface area contributed by atoms with E-state index in [2.05, 4.69) is 0 Å². The molecule has 0 N–H and O–H groups in total. The van der Waals surface area contributed by atoms with E-state index in [1.807, 2.05) is 4.90 Å². The highest BCUT2D eigenvalue weighted by molar-refractivity contribution is 6.23. The molecule has 1 aromatic carbocycles. The van der Waals surface area contributed by atoms with E-state index in [9.17, 15) is 14.4 Å². The van der Waals surface area contributed by atoms with Crippen molar-refractivity contribution in [2.45, 2.75) is 25.3 Å². The molecule has 0 saturated carbocycles. The molecule has 0 aliphatic carbocycles. The predicted molar refractivity (Wildman–Crippen MR) is 90.2 cm³/mol. The molecule has 0 unspecified atom stereocenters. The minimum Gasteiger partial charge on any atom is -0.495 e. The summed E-state index contributed by atoms with van der Waals surface area (Å²) < 4.78 is 10.1. The van der Waals surface area contributed by atoms with Crippen LogP contribution in [0.1, 0.15) is 19.3 Å². The van der Waals surface area contributed by atoms with Gasteiger partial charge < -0.3 is 9.47 Å². The average Bonchev–Trinajstić information content (AvgIpc) is 2.95. The smallest absolute Gasteiger partial charge is 0.308 e. The van der Waals surface area contributed by atoms with Crippen molar-refractivity contribution in [3.05, 3.63) is 24.3 Å². The first-order valence-corrected chi connectivity index (χ1v) is 8.38. The van der Waals surface area contributed by atoms with Gasteiger partial charge in [0.25, 0.3) is 5.91 Å². The lowest BCUT2D eigenvalue weighted by Gasteiger charge is -2.33. The number of carbonyl (C=O) groups excluding carboxylic acids is 3. The van der Waals surface area contributed by atoms with Crippen LogP contribution in [-0.2, 0) is 19.1 Å². The summed E-state index contributed by atoms with van der Waals surface area (Å²) in [5.41, 5.74) is 0.479. The number of carbonyl (C=O) groups is 3. The number of hydrogen-bond donors (Lipinski definition) is 0. The summed E-state index contributed by atoms with van der Waals surface area (Å²) in [5, 5.41) is 0. The molecule has 2 fully saturated rings. The summed E-state index contributed by atoms with van der Waals surface area (Å²) in [6.07, 6.45) is 1.43. The number of methoxy groups -OCH3 is 2. The maximum Gasteiger partial charge on any atom is 0.308 e. The Bertz CT molecular complexity index is 682. The SMILES string of the molecule is COC(=O)C1CCN([C@@H]2CC(=O)N(c3ccccc3OC)C2=O)CC1. The van der Waals surface area contributed by atoms with Crippen LogP contribution in [0.2, 0.25) is 0 Å². The first-order valence-electron chi connectivity index (χ1n) is 8.38. The summed E-state index contributed by atoms with van der Waals surface area (Å²) in [6.45, 7) is 1.20. The summed E-state index contributed by atoms with van der Waals surface area (Å²) >= 11 is 0. The zero-order valence-electron chi connectivity index (χ0n) is 14.4. The van der Waals surface area contributed by atoms with Gasteiger partial charge in [-0.3, -0.25) is 19.3 Å². The van der Waals surface area contributed by atoms with E-state index in [0.717, 1.165) is 0 Å². The van der Waals surface area contributed by atoms with Crippen LogP contribution in [0.15, 0.2) is 24.3 Å². The van der Waals surface area contributed by atoms with Crippen LogP contribution in [0.5, 0.6) is 5.75 Å². The van der Waals surface area contributed by atoms with Crippen molar-refractivity contribution in [2.75, 3.05) is 32.2 Å². The van der Waals surface area contributed by atoms with E-state index in [1.165, 1.54) is 19.1 Å². The number of nitrogens with zero attached hydrogens (tertiary/aromatic N) is 2. The third kappa shape index (κ3) is 3.24. The van der Waals surface area contributed by atoms with Gasteiger partial charge in [-0.15, -0.1) is 0 Å². The third-order valence-electron chi connectivity index (χ3n) is 4.95. The van der Waals surface area contributed by atoms with Crippen molar-refractivity contribution >= 4 is 23.5 Å². The lowest BCUT2D eigenvalue weighted by molar-refractivity contribution is -0.147. The van der Waals surface area contributed by atoms with Gasteiger partial charge in [0.15, 0.2) is 0 Å². The second-order valence-electron chi connectivity index (χ2n) is 6.29. The maximum atomic E-state index is 12.9. The molecule has 0 bridgehead atoms. The minimum atomic E-state index is -0.476. The number of hydrogen-bond acceptors (Lipinski definition) is 6. The zero-order chi connectivity index (χ0) is 18.0. The quantitative estimate of drug-likeness (QED) is 0.603. The number of rotatable bonds is 4. The number of esters is 1. The molecule has 1 atom stereocenters. The number of para-hydroxylation sites is 2. The fraction of sp³-hybridized carbons (Fsp3) is 0.500. The maximum absolute atomic E-state index is 12.9. The van der Waals surface area contributed by atoms with Crippen LogP contribution >= 0.6 is 0 Å². The molecular formula is C18H22N2O5. The van der Waals surface area contributed by atoms with E-state index in [4.69, 9.17) is 9.47 Å². The molecule has 0 radical (unpaired) electrons. The summed E-state index contributed by atoms with van der Waals surface area (Å²) in [7, 11) is 2.90. The van der Waals surface area contributed by atoms with Gasteiger partial charge >= 0.3 is 5.97 Å². The van der Waals surface area contributed by atoms with Gasteiger partial charge in [-0.05, 0) is 38.1 Å². The molecule has 2 aliphatic rings. The highest BCUT2D eigenvalue weighted by atomic mass is 16.5. The van der Waals surface area contributed by atoms with Crippen molar-refractivity contribution < 1.29 is 23.9 Å². The molecule has 25 heavy (non-hydrogen) atoms. The Morgan fingerprint density at radius 1 is 1.12 bits per heavy atom. The number of likely N-dealkylation sites (tertiary alicyclic amines) is 1. The van der Waals surface area contributed by atoms with E-state index < -0.39 is 6.04 Å². The highest BCUT2D eigenvalue weighted by Crippen LogP contribution is 2.34. The first kappa shape index (κ1) is 17.4. The molecule has 0 aromatic heterocycles. The Kier molecular flexibility index (Phi) is 5.03. The average molecular weight is 346 g/mol. The molecule has 2 saturated heterocycles. The van der Waals surface area contributed by atoms with E-state index in [1.54, 1.807) is 24.3 Å². The molecule has 2 amide bonds. The van der Waals surface area contributed by atoms with Gasteiger partial charge in [0, 0.05) is 0 Å². The van der Waals surface area contributed by atoms with Gasteiger partial charge in [-0.2, -0.15) is 0 Å². The van der Waals surface area contributed by atoms with E-state index >= 15 is 0 Å². The van der Waals surface area contributed by atoms with E-state index in [0.29, 0.717) is 37.4 Å². The van der Waals surface area contributed by atoms with Gasteiger partial charge in [-0.25, -0.2) is 4.90 Å². The molecule has 1 aromatic rings. The van der Waals surface area contributed by atoms with Crippen molar-refractivity contribution in [3.8, 4) is 5.75 Å². The standard InChI is InChI=1S/C18H22N2O5/c1-24-15-6-4-3-5-13(15)20-16(21)11-14(17(20)22)19-9-7-12(8-10-19)18(23)25-2/h3-6,12,14H,7-11H2,1-2H3/t14-/m1/s1. The van der Waals surface area contributed by atoms with Gasteiger partial charge in [0.2, 0.25) is 5.91 Å². The Labute approximate surface area is 146 Å². The normalized spacial score (nSPS) is 22.3. The highest BCUT2D eigenvalue weighted by Gasteiger charge is 2.44. The summed E-state index contributed by atoms with van der Waals surface area (Å²) in [6, 6.07) is 6.53. The van der Waals surface area contributed by atoms with Crippen LogP contribution in [0.4, 0.5) is 5.69 Å². The molecule has 134 valence electrons. The van der Waals surface area contributed by atoms with Crippen LogP contribution in [0, 0.1) is 5.92 Å². The number of amides is 2. The van der Waals surface area contributed by atoms with Gasteiger partial charge in [0.05, 0.1) is 38.3 Å². The van der Waals surface area contributed by atoms with Gasteiger partial charge in [-0.1, -0.05) is 12.1 Å². The Morgan fingerprint density at radius 2 is 1.80 bits per heavy atom. The summed E-state index contributed by atoms with van der Waals surface area (Å²) in [4.78, 5) is 40.2. The largest absolute Gasteiger partial charge is 0.495 e. The number of ether oxygens (including phenoxy) is 2. The molecule has 3 rings (SSSR count). The zero-order valence-corrected chi connectivity index (χ0v) is 14.4. The fourth-order valence-corrected chi connectivity index (χ4v) is 3.58. The lowest BCUT2D eigenvalue weighted by Crippen LogP contribution is -2.47. The molecule has 2 aliphatic heterocycles. The topological polar surface area (TPSA) is 76.2 Å². The molecule has 0 spiro atoms. The summed E-state index contributed by atoms with van der Waals surface area (Å²) in [5.74, 6) is -0.294. The molecule has 7 heteroatoms.